The highest BCUT2D eigenvalue weighted by Gasteiger charge is 2.56. The molecule has 1 N–H and O–H groups in total. The number of rotatable bonds is 2. The number of nitrogens with zero attached hydrogens (tertiary/aromatic N) is 1. The molecule has 29 heavy (non-hydrogen) atoms. The molecule has 9 heteroatoms. The molecule has 3 atom stereocenters. The summed E-state index contributed by atoms with van der Waals surface area (Å²) in [4.78, 5) is 43.5. The SMILES string of the molecule is O=C1C2Sc3[nH]c(=O)sc3[C@H](c3cccc(Br)c3)C2C(=O)N1c1ccc(Cl)cc1. The van der Waals surface area contributed by atoms with Crippen molar-refractivity contribution in [2.24, 2.45) is 5.92 Å². The van der Waals surface area contributed by atoms with Gasteiger partial charge in [-0.1, -0.05) is 62.8 Å². The van der Waals surface area contributed by atoms with E-state index >= 15 is 0 Å². The second-order valence-electron chi connectivity index (χ2n) is 6.79. The highest BCUT2D eigenvalue weighted by molar-refractivity contribution is 9.10. The maximum atomic E-state index is 13.5. The Labute approximate surface area is 187 Å². The molecule has 2 unspecified atom stereocenters. The van der Waals surface area contributed by atoms with Gasteiger partial charge in [-0.15, -0.1) is 0 Å². The van der Waals surface area contributed by atoms with Gasteiger partial charge in [0.2, 0.25) is 11.8 Å². The topological polar surface area (TPSA) is 70.2 Å². The highest BCUT2D eigenvalue weighted by Crippen LogP contribution is 2.53. The molecule has 0 bridgehead atoms. The third kappa shape index (κ3) is 3.09. The van der Waals surface area contributed by atoms with Crippen molar-refractivity contribution in [3.05, 3.63) is 78.1 Å². The first-order chi connectivity index (χ1) is 13.9. The number of carbonyl (C=O) groups excluding carboxylic acids is 2. The van der Waals surface area contributed by atoms with Crippen molar-refractivity contribution >= 4 is 68.1 Å². The van der Waals surface area contributed by atoms with Crippen molar-refractivity contribution in [2.75, 3.05) is 4.90 Å². The summed E-state index contributed by atoms with van der Waals surface area (Å²) in [5.41, 5.74) is 1.40. The van der Waals surface area contributed by atoms with E-state index in [1.54, 1.807) is 24.3 Å². The van der Waals surface area contributed by atoms with Gasteiger partial charge in [-0.05, 0) is 42.0 Å². The van der Waals surface area contributed by atoms with Crippen molar-refractivity contribution in [2.45, 2.75) is 16.2 Å². The third-order valence-corrected chi connectivity index (χ3v) is 8.26. The number of nitrogens with one attached hydrogen (secondary N) is 1. The van der Waals surface area contributed by atoms with E-state index in [1.807, 2.05) is 24.3 Å². The van der Waals surface area contributed by atoms with Gasteiger partial charge in [-0.3, -0.25) is 14.4 Å². The Kier molecular flexibility index (Phi) is 4.70. The summed E-state index contributed by atoms with van der Waals surface area (Å²) in [6.45, 7) is 0. The number of aromatic amines is 1. The molecule has 2 aliphatic heterocycles. The van der Waals surface area contributed by atoms with Crippen LogP contribution in [0.2, 0.25) is 5.02 Å². The highest BCUT2D eigenvalue weighted by atomic mass is 79.9. The van der Waals surface area contributed by atoms with E-state index in [-0.39, 0.29) is 22.6 Å². The van der Waals surface area contributed by atoms with Gasteiger partial charge in [0.05, 0.1) is 16.6 Å². The fourth-order valence-corrected chi connectivity index (χ4v) is 6.98. The van der Waals surface area contributed by atoms with Crippen molar-refractivity contribution in [3.63, 3.8) is 0 Å². The molecule has 3 heterocycles. The maximum Gasteiger partial charge on any atom is 0.305 e. The van der Waals surface area contributed by atoms with E-state index in [0.717, 1.165) is 26.3 Å². The predicted molar refractivity (Wildman–Crippen MR) is 118 cm³/mol. The lowest BCUT2D eigenvalue weighted by Crippen LogP contribution is -2.32. The van der Waals surface area contributed by atoms with Gasteiger partial charge in [0, 0.05) is 20.3 Å². The van der Waals surface area contributed by atoms with Gasteiger partial charge in [-0.2, -0.15) is 0 Å². The number of carbonyl (C=O) groups is 2. The van der Waals surface area contributed by atoms with Crippen molar-refractivity contribution in [1.29, 1.82) is 0 Å². The molecule has 1 saturated heterocycles. The Balaban J connectivity index is 1.66. The second-order valence-corrected chi connectivity index (χ2v) is 10.3. The molecule has 2 aromatic carbocycles. The summed E-state index contributed by atoms with van der Waals surface area (Å²) in [6, 6.07) is 14.3. The molecule has 0 aliphatic carbocycles. The summed E-state index contributed by atoms with van der Waals surface area (Å²) < 4.78 is 0.875. The fraction of sp³-hybridized carbons (Fsp3) is 0.150. The maximum absolute atomic E-state index is 13.5. The van der Waals surface area contributed by atoms with E-state index in [2.05, 4.69) is 20.9 Å². The van der Waals surface area contributed by atoms with Crippen molar-refractivity contribution in [1.82, 2.24) is 4.98 Å². The van der Waals surface area contributed by atoms with Crippen LogP contribution in [-0.2, 0) is 9.59 Å². The van der Waals surface area contributed by atoms with E-state index in [9.17, 15) is 14.4 Å². The van der Waals surface area contributed by atoms with E-state index in [4.69, 9.17) is 11.6 Å². The lowest BCUT2D eigenvalue weighted by molar-refractivity contribution is -0.122. The molecule has 2 aliphatic rings. The molecule has 1 fully saturated rings. The molecule has 2 amide bonds. The fourth-order valence-electron chi connectivity index (χ4n) is 3.92. The number of amides is 2. The first-order valence-corrected chi connectivity index (χ1v) is 11.6. The van der Waals surface area contributed by atoms with Gasteiger partial charge in [0.25, 0.3) is 0 Å². The van der Waals surface area contributed by atoms with Crippen molar-refractivity contribution in [3.8, 4) is 0 Å². The normalized spacial score (nSPS) is 23.2. The summed E-state index contributed by atoms with van der Waals surface area (Å²) in [5, 5.41) is 0.608. The molecular formula is C20H12BrClN2O3S2. The number of anilines is 1. The minimum absolute atomic E-state index is 0.183. The Morgan fingerprint density at radius 1 is 1.03 bits per heavy atom. The minimum Gasteiger partial charge on any atom is -0.307 e. The number of thioether (sulfide) groups is 1. The van der Waals surface area contributed by atoms with Gasteiger partial charge >= 0.3 is 4.87 Å². The molecule has 0 radical (unpaired) electrons. The van der Waals surface area contributed by atoms with Crippen LogP contribution in [0, 0.1) is 5.92 Å². The van der Waals surface area contributed by atoms with Crippen LogP contribution >= 0.6 is 50.6 Å². The molecule has 146 valence electrons. The predicted octanol–water partition coefficient (Wildman–Crippen LogP) is 4.65. The van der Waals surface area contributed by atoms with E-state index in [1.165, 1.54) is 16.7 Å². The third-order valence-electron chi connectivity index (χ3n) is 5.12. The number of halogens is 2. The molecule has 5 nitrogen and oxygen atoms in total. The number of fused-ring (bicyclic) bond motifs is 2. The van der Waals surface area contributed by atoms with Crippen LogP contribution in [0.25, 0.3) is 0 Å². The zero-order valence-corrected chi connectivity index (χ0v) is 18.6. The standard InChI is InChI=1S/C20H12BrClN2O3S2/c21-10-3-1-2-9(8-10)13-14-16(28-17-15(13)29-20(27)23-17)19(26)24(18(14)25)12-6-4-11(22)5-7-12/h1-8,13-14,16H,(H,23,27)/t13-,14?,16?/m1/s1. The number of H-pyrrole nitrogens is 1. The van der Waals surface area contributed by atoms with Crippen LogP contribution in [0.15, 0.2) is 62.8 Å². The number of thiazole rings is 1. The summed E-state index contributed by atoms with van der Waals surface area (Å²) in [5.74, 6) is -1.49. The molecule has 0 saturated carbocycles. The van der Waals surface area contributed by atoms with Gasteiger partial charge in [0.15, 0.2) is 0 Å². The van der Waals surface area contributed by atoms with Gasteiger partial charge in [-0.25, -0.2) is 4.90 Å². The van der Waals surface area contributed by atoms with Crippen LogP contribution in [0.4, 0.5) is 5.69 Å². The zero-order valence-electron chi connectivity index (χ0n) is 14.6. The van der Waals surface area contributed by atoms with Gasteiger partial charge < -0.3 is 4.98 Å². The number of benzene rings is 2. The molecule has 5 rings (SSSR count). The minimum atomic E-state index is -0.597. The summed E-state index contributed by atoms with van der Waals surface area (Å²) in [7, 11) is 0. The Hall–Kier alpha value is -1.87. The van der Waals surface area contributed by atoms with Gasteiger partial charge in [0.1, 0.15) is 5.25 Å². The smallest absolute Gasteiger partial charge is 0.305 e. The zero-order chi connectivity index (χ0) is 20.3. The van der Waals surface area contributed by atoms with Crippen LogP contribution < -0.4 is 9.77 Å². The first-order valence-electron chi connectivity index (χ1n) is 8.72. The second kappa shape index (κ2) is 7.12. The molecular weight excluding hydrogens is 496 g/mol. The Bertz CT molecular complexity index is 1210. The number of imide groups is 1. The van der Waals surface area contributed by atoms with Crippen LogP contribution in [0.5, 0.6) is 0 Å². The summed E-state index contributed by atoms with van der Waals surface area (Å²) >= 11 is 11.8. The lowest BCUT2D eigenvalue weighted by atomic mass is 9.83. The number of hydrogen-bond donors (Lipinski definition) is 1. The number of aromatic nitrogens is 1. The van der Waals surface area contributed by atoms with Crippen LogP contribution in [0.1, 0.15) is 16.4 Å². The average molecular weight is 508 g/mol. The largest absolute Gasteiger partial charge is 0.307 e. The van der Waals surface area contributed by atoms with E-state index in [0.29, 0.717) is 15.7 Å². The summed E-state index contributed by atoms with van der Waals surface area (Å²) in [6.07, 6.45) is 0. The quantitative estimate of drug-likeness (QED) is 0.513. The Morgan fingerprint density at radius 2 is 1.79 bits per heavy atom. The first kappa shape index (κ1) is 19.1. The molecule has 0 spiro atoms. The van der Waals surface area contributed by atoms with E-state index < -0.39 is 11.2 Å². The Morgan fingerprint density at radius 3 is 2.52 bits per heavy atom. The lowest BCUT2D eigenvalue weighted by Gasteiger charge is -2.29. The average Bonchev–Trinajstić information content (AvgIpc) is 3.18. The van der Waals surface area contributed by atoms with Crippen LogP contribution in [-0.4, -0.2) is 22.0 Å². The number of hydrogen-bond acceptors (Lipinski definition) is 5. The van der Waals surface area contributed by atoms with Crippen molar-refractivity contribution < 1.29 is 9.59 Å². The van der Waals surface area contributed by atoms with Crippen LogP contribution in [0.3, 0.4) is 0 Å². The monoisotopic (exact) mass is 506 g/mol. The molecule has 3 aromatic rings. The molecule has 1 aromatic heterocycles.